The van der Waals surface area contributed by atoms with Crippen LogP contribution in [0.4, 0.5) is 4.79 Å². The number of benzene rings is 1. The molecule has 3 amide bonds. The molecule has 27 heavy (non-hydrogen) atoms. The Morgan fingerprint density at radius 2 is 2.11 bits per heavy atom. The van der Waals surface area contributed by atoms with E-state index in [0.717, 1.165) is 49.1 Å². The normalized spacial score (nSPS) is 20.3. The number of hydrogen-bond acceptors (Lipinski definition) is 3. The lowest BCUT2D eigenvalue weighted by Crippen LogP contribution is -2.57. The number of nitrogens with one attached hydrogen (secondary N) is 4. The van der Waals surface area contributed by atoms with E-state index in [1.54, 1.807) is 0 Å². The molecule has 0 radical (unpaired) electrons. The first kappa shape index (κ1) is 18.1. The van der Waals surface area contributed by atoms with Crippen molar-refractivity contribution in [1.82, 2.24) is 25.8 Å². The monoisotopic (exact) mass is 389 g/mol. The average molecular weight is 390 g/mol. The minimum Gasteiger partial charge on any atom is -0.357 e. The van der Waals surface area contributed by atoms with E-state index in [1.165, 1.54) is 0 Å². The molecule has 1 aromatic heterocycles. The Labute approximate surface area is 162 Å². The van der Waals surface area contributed by atoms with Gasteiger partial charge in [-0.15, -0.1) is 0 Å². The number of carbonyl (C=O) groups is 2. The predicted molar refractivity (Wildman–Crippen MR) is 105 cm³/mol. The largest absolute Gasteiger partial charge is 0.357 e. The summed E-state index contributed by atoms with van der Waals surface area (Å²) in [4.78, 5) is 29.8. The smallest absolute Gasteiger partial charge is 0.315 e. The first-order chi connectivity index (χ1) is 13.1. The molecule has 0 spiro atoms. The second kappa shape index (κ2) is 7.78. The average Bonchev–Trinajstić information content (AvgIpc) is 3.00. The molecule has 2 saturated heterocycles. The second-order valence-electron chi connectivity index (χ2n) is 7.33. The van der Waals surface area contributed by atoms with Crippen molar-refractivity contribution < 1.29 is 9.59 Å². The van der Waals surface area contributed by atoms with Crippen LogP contribution in [-0.4, -0.2) is 54.0 Å². The summed E-state index contributed by atoms with van der Waals surface area (Å²) in [5.74, 6) is 0.311. The highest BCUT2D eigenvalue weighted by Crippen LogP contribution is 2.20. The number of urea groups is 1. The molecule has 144 valence electrons. The summed E-state index contributed by atoms with van der Waals surface area (Å²) in [5.41, 5.74) is 1.91. The van der Waals surface area contributed by atoms with Gasteiger partial charge in [-0.1, -0.05) is 11.6 Å². The summed E-state index contributed by atoms with van der Waals surface area (Å²) >= 11 is 6.01. The molecule has 3 heterocycles. The van der Waals surface area contributed by atoms with Crippen LogP contribution in [0, 0.1) is 5.92 Å². The van der Waals surface area contributed by atoms with Gasteiger partial charge in [-0.05, 0) is 37.1 Å². The van der Waals surface area contributed by atoms with Gasteiger partial charge in [0.05, 0.1) is 12.5 Å². The SMILES string of the molecule is O=C(NCc1cc2cc(Cl)ccc2[nH]1)N[C@@H]1CCCN(C(=O)C2CNC2)C1. The van der Waals surface area contributed by atoms with E-state index in [2.05, 4.69) is 20.9 Å². The van der Waals surface area contributed by atoms with Crippen LogP contribution in [0.5, 0.6) is 0 Å². The number of fused-ring (bicyclic) bond motifs is 1. The molecule has 4 rings (SSSR count). The molecule has 0 bridgehead atoms. The van der Waals surface area contributed by atoms with E-state index in [-0.39, 0.29) is 23.9 Å². The molecule has 2 fully saturated rings. The summed E-state index contributed by atoms with van der Waals surface area (Å²) in [5, 5.41) is 10.7. The standard InChI is InChI=1S/C19H24ClN5O2/c20-14-3-4-17-12(6-14)7-16(23-17)10-22-19(27)24-15-2-1-5-25(11-15)18(26)13-8-21-9-13/h3-4,6-7,13,15,21,23H,1-2,5,8-11H2,(H2,22,24,27)/t15-/m1/s1. The molecular formula is C19H24ClN5O2. The molecule has 0 aliphatic carbocycles. The number of aromatic nitrogens is 1. The first-order valence-corrected chi connectivity index (χ1v) is 9.77. The zero-order valence-corrected chi connectivity index (χ0v) is 15.8. The van der Waals surface area contributed by atoms with Gasteiger partial charge in [0, 0.05) is 53.8 Å². The molecule has 7 nitrogen and oxygen atoms in total. The number of halogens is 1. The number of piperidine rings is 1. The van der Waals surface area contributed by atoms with Gasteiger partial charge in [-0.25, -0.2) is 4.79 Å². The highest BCUT2D eigenvalue weighted by atomic mass is 35.5. The van der Waals surface area contributed by atoms with Gasteiger partial charge in [0.15, 0.2) is 0 Å². The quantitative estimate of drug-likeness (QED) is 0.643. The minimum absolute atomic E-state index is 0.00254. The van der Waals surface area contributed by atoms with Crippen LogP contribution in [0.2, 0.25) is 5.02 Å². The maximum Gasteiger partial charge on any atom is 0.315 e. The van der Waals surface area contributed by atoms with Crippen LogP contribution in [0.25, 0.3) is 10.9 Å². The van der Waals surface area contributed by atoms with Crippen LogP contribution in [0.15, 0.2) is 24.3 Å². The van der Waals surface area contributed by atoms with Crippen LogP contribution in [0.1, 0.15) is 18.5 Å². The fourth-order valence-electron chi connectivity index (χ4n) is 3.69. The number of rotatable bonds is 4. The molecule has 0 unspecified atom stereocenters. The van der Waals surface area contributed by atoms with Crippen LogP contribution < -0.4 is 16.0 Å². The zero-order chi connectivity index (χ0) is 18.8. The molecule has 2 aliphatic heterocycles. The molecule has 8 heteroatoms. The van der Waals surface area contributed by atoms with Crippen LogP contribution in [0.3, 0.4) is 0 Å². The minimum atomic E-state index is -0.212. The van der Waals surface area contributed by atoms with Crippen molar-refractivity contribution in [2.75, 3.05) is 26.2 Å². The van der Waals surface area contributed by atoms with E-state index < -0.39 is 0 Å². The summed E-state index contributed by atoms with van der Waals surface area (Å²) in [7, 11) is 0. The Bertz CT molecular complexity index is 848. The molecular weight excluding hydrogens is 366 g/mol. The third-order valence-electron chi connectivity index (χ3n) is 5.28. The molecule has 1 aromatic carbocycles. The van der Waals surface area contributed by atoms with Crippen molar-refractivity contribution in [3.8, 4) is 0 Å². The number of likely N-dealkylation sites (tertiary alicyclic amines) is 1. The summed E-state index contributed by atoms with van der Waals surface area (Å²) in [6.07, 6.45) is 1.81. The van der Waals surface area contributed by atoms with Gasteiger partial charge < -0.3 is 25.8 Å². The van der Waals surface area contributed by atoms with E-state index >= 15 is 0 Å². The Kier molecular flexibility index (Phi) is 5.22. The highest BCUT2D eigenvalue weighted by Gasteiger charge is 2.32. The summed E-state index contributed by atoms with van der Waals surface area (Å²) in [6.45, 7) is 3.31. The van der Waals surface area contributed by atoms with Gasteiger partial charge in [-0.3, -0.25) is 4.79 Å². The fraction of sp³-hybridized carbons (Fsp3) is 0.474. The molecule has 2 aromatic rings. The number of aromatic amines is 1. The van der Waals surface area contributed by atoms with Gasteiger partial charge in [-0.2, -0.15) is 0 Å². The number of nitrogens with zero attached hydrogens (tertiary/aromatic N) is 1. The molecule has 4 N–H and O–H groups in total. The van der Waals surface area contributed by atoms with E-state index in [9.17, 15) is 9.59 Å². The Hall–Kier alpha value is -2.25. The van der Waals surface area contributed by atoms with Crippen molar-refractivity contribution >= 4 is 34.4 Å². The lowest BCUT2D eigenvalue weighted by Gasteiger charge is -2.37. The Morgan fingerprint density at radius 1 is 1.26 bits per heavy atom. The first-order valence-electron chi connectivity index (χ1n) is 9.39. The van der Waals surface area contributed by atoms with Gasteiger partial charge in [0.25, 0.3) is 0 Å². The maximum atomic E-state index is 12.4. The van der Waals surface area contributed by atoms with E-state index in [0.29, 0.717) is 18.1 Å². The predicted octanol–water partition coefficient (Wildman–Crippen LogP) is 1.83. The van der Waals surface area contributed by atoms with Gasteiger partial charge in [0.1, 0.15) is 0 Å². The third-order valence-corrected chi connectivity index (χ3v) is 5.51. The topological polar surface area (TPSA) is 89.3 Å². The molecule has 1 atom stereocenters. The van der Waals surface area contributed by atoms with E-state index in [4.69, 9.17) is 11.6 Å². The number of H-pyrrole nitrogens is 1. The second-order valence-corrected chi connectivity index (χ2v) is 7.77. The zero-order valence-electron chi connectivity index (χ0n) is 15.1. The fourth-order valence-corrected chi connectivity index (χ4v) is 3.87. The number of carbonyl (C=O) groups excluding carboxylic acids is 2. The van der Waals surface area contributed by atoms with Crippen LogP contribution in [-0.2, 0) is 11.3 Å². The van der Waals surface area contributed by atoms with Crippen LogP contribution >= 0.6 is 11.6 Å². The number of hydrogen-bond donors (Lipinski definition) is 4. The third kappa shape index (κ3) is 4.20. The molecule has 0 saturated carbocycles. The van der Waals surface area contributed by atoms with Crippen molar-refractivity contribution in [2.45, 2.75) is 25.4 Å². The number of amides is 3. The van der Waals surface area contributed by atoms with Crippen molar-refractivity contribution in [1.29, 1.82) is 0 Å². The van der Waals surface area contributed by atoms with Crippen molar-refractivity contribution in [2.24, 2.45) is 5.92 Å². The summed E-state index contributed by atoms with van der Waals surface area (Å²) < 4.78 is 0. The summed E-state index contributed by atoms with van der Waals surface area (Å²) in [6, 6.07) is 7.41. The maximum absolute atomic E-state index is 12.4. The Balaban J connectivity index is 1.27. The Morgan fingerprint density at radius 3 is 2.89 bits per heavy atom. The lowest BCUT2D eigenvalue weighted by atomic mass is 9.98. The van der Waals surface area contributed by atoms with Crippen molar-refractivity contribution in [3.63, 3.8) is 0 Å². The van der Waals surface area contributed by atoms with Crippen molar-refractivity contribution in [3.05, 3.63) is 35.0 Å². The molecule has 2 aliphatic rings. The van der Waals surface area contributed by atoms with Gasteiger partial charge in [0.2, 0.25) is 5.91 Å². The highest BCUT2D eigenvalue weighted by molar-refractivity contribution is 6.31. The lowest BCUT2D eigenvalue weighted by molar-refractivity contribution is -0.138. The van der Waals surface area contributed by atoms with E-state index in [1.807, 2.05) is 29.2 Å². The van der Waals surface area contributed by atoms with Gasteiger partial charge >= 0.3 is 6.03 Å².